The van der Waals surface area contributed by atoms with E-state index in [2.05, 4.69) is 25.3 Å². The van der Waals surface area contributed by atoms with Gasteiger partial charge in [-0.2, -0.15) is 4.98 Å². The number of phenols is 1. The van der Waals surface area contributed by atoms with Crippen LogP contribution in [0.1, 0.15) is 0 Å². The van der Waals surface area contributed by atoms with Crippen LogP contribution < -0.4 is 15.4 Å². The highest BCUT2D eigenvalue weighted by Gasteiger charge is 2.31. The predicted molar refractivity (Wildman–Crippen MR) is 100 cm³/mol. The zero-order chi connectivity index (χ0) is 20.3. The van der Waals surface area contributed by atoms with Gasteiger partial charge in [-0.1, -0.05) is 23.7 Å². The number of hydrogen-bond donors (Lipinski definition) is 3. The first-order valence-electron chi connectivity index (χ1n) is 7.92. The largest absolute Gasteiger partial charge is 0.573 e. The van der Waals surface area contributed by atoms with E-state index in [1.54, 1.807) is 25.2 Å². The third-order valence-electron chi connectivity index (χ3n) is 3.53. The molecule has 0 saturated carbocycles. The number of nitrogens with one attached hydrogen (secondary N) is 2. The summed E-state index contributed by atoms with van der Waals surface area (Å²) in [6.07, 6.45) is -4.79. The average molecular weight is 411 g/mol. The quantitative estimate of drug-likeness (QED) is 0.502. The maximum atomic E-state index is 12.5. The van der Waals surface area contributed by atoms with Crippen molar-refractivity contribution < 1.29 is 23.0 Å². The minimum Gasteiger partial charge on any atom is -0.508 e. The summed E-state index contributed by atoms with van der Waals surface area (Å²) in [5.74, 6) is 0.253. The molecule has 0 atom stereocenters. The lowest BCUT2D eigenvalue weighted by Gasteiger charge is -2.12. The minimum absolute atomic E-state index is 0.0105. The summed E-state index contributed by atoms with van der Waals surface area (Å²) in [4.78, 5) is 8.52. The fraction of sp³-hybridized carbons (Fsp3) is 0.111. The lowest BCUT2D eigenvalue weighted by atomic mass is 10.1. The smallest absolute Gasteiger partial charge is 0.508 e. The van der Waals surface area contributed by atoms with Crippen molar-refractivity contribution in [1.82, 2.24) is 9.97 Å². The zero-order valence-corrected chi connectivity index (χ0v) is 15.1. The Hall–Kier alpha value is -3.20. The number of ether oxygens (including phenoxy) is 1. The molecule has 3 N–H and O–H groups in total. The topological polar surface area (TPSA) is 79.3 Å². The summed E-state index contributed by atoms with van der Waals surface area (Å²) < 4.78 is 41.4. The normalized spacial score (nSPS) is 11.2. The highest BCUT2D eigenvalue weighted by Crippen LogP contribution is 2.31. The van der Waals surface area contributed by atoms with Crippen molar-refractivity contribution in [1.29, 1.82) is 0 Å². The van der Waals surface area contributed by atoms with Crippen LogP contribution in [0.25, 0.3) is 11.3 Å². The van der Waals surface area contributed by atoms with Crippen molar-refractivity contribution in [2.75, 3.05) is 17.7 Å². The molecule has 2 aromatic carbocycles. The Labute approximate surface area is 163 Å². The van der Waals surface area contributed by atoms with Gasteiger partial charge in [-0.25, -0.2) is 4.98 Å². The van der Waals surface area contributed by atoms with Crippen LogP contribution in [0.5, 0.6) is 11.5 Å². The molecule has 6 nitrogen and oxygen atoms in total. The molecule has 0 amide bonds. The van der Waals surface area contributed by atoms with Gasteiger partial charge in [-0.3, -0.25) is 0 Å². The zero-order valence-electron chi connectivity index (χ0n) is 14.4. The van der Waals surface area contributed by atoms with Crippen LogP contribution in [0.15, 0.2) is 48.5 Å². The van der Waals surface area contributed by atoms with Crippen LogP contribution in [0.2, 0.25) is 5.02 Å². The number of benzene rings is 2. The number of hydrogen-bond acceptors (Lipinski definition) is 6. The highest BCUT2D eigenvalue weighted by molar-refractivity contribution is 6.33. The van der Waals surface area contributed by atoms with Gasteiger partial charge in [0.05, 0.1) is 16.4 Å². The lowest BCUT2D eigenvalue weighted by Crippen LogP contribution is -2.17. The SMILES string of the molecule is CNc1nc(Nc2ccc(O)cc2Cl)cc(-c2cccc(OC(F)(F)F)c2)n1. The van der Waals surface area contributed by atoms with Crippen molar-refractivity contribution in [2.45, 2.75) is 6.36 Å². The molecule has 0 spiro atoms. The van der Waals surface area contributed by atoms with Gasteiger partial charge in [0.25, 0.3) is 0 Å². The number of aromatic nitrogens is 2. The van der Waals surface area contributed by atoms with E-state index in [-0.39, 0.29) is 22.5 Å². The Balaban J connectivity index is 1.96. The Morgan fingerprint density at radius 2 is 1.86 bits per heavy atom. The van der Waals surface area contributed by atoms with E-state index >= 15 is 0 Å². The molecule has 3 rings (SSSR count). The van der Waals surface area contributed by atoms with Crippen LogP contribution in [0, 0.1) is 0 Å². The minimum atomic E-state index is -4.79. The van der Waals surface area contributed by atoms with Crippen molar-refractivity contribution in [2.24, 2.45) is 0 Å². The second-order valence-electron chi connectivity index (χ2n) is 5.58. The molecular formula is C18H14ClF3N4O2. The monoisotopic (exact) mass is 410 g/mol. The summed E-state index contributed by atoms with van der Waals surface area (Å²) >= 11 is 6.09. The molecule has 0 saturated heterocycles. The third kappa shape index (κ3) is 4.95. The Kier molecular flexibility index (Phi) is 5.46. The molecule has 1 aromatic heterocycles. The van der Waals surface area contributed by atoms with E-state index < -0.39 is 6.36 Å². The second kappa shape index (κ2) is 7.81. The summed E-state index contributed by atoms with van der Waals surface area (Å²) in [5, 5.41) is 15.5. The number of halogens is 4. The average Bonchev–Trinajstić information content (AvgIpc) is 2.62. The van der Waals surface area contributed by atoms with Gasteiger partial charge in [0.2, 0.25) is 5.95 Å². The Morgan fingerprint density at radius 3 is 2.54 bits per heavy atom. The molecule has 1 heterocycles. The number of alkyl halides is 3. The number of phenolic OH excluding ortho intramolecular Hbond substituents is 1. The highest BCUT2D eigenvalue weighted by atomic mass is 35.5. The van der Waals surface area contributed by atoms with E-state index in [0.717, 1.165) is 0 Å². The first-order valence-corrected chi connectivity index (χ1v) is 8.30. The molecule has 0 aliphatic carbocycles. The molecule has 0 aliphatic heterocycles. The van der Waals surface area contributed by atoms with E-state index in [4.69, 9.17) is 11.6 Å². The molecule has 0 fully saturated rings. The standard InChI is InChI=1S/C18H14ClF3N4O2/c1-23-17-25-15(10-3-2-4-12(7-10)28-18(20,21)22)9-16(26-17)24-14-6-5-11(27)8-13(14)19/h2-9,27H,1H3,(H2,23,24,25,26). The summed E-state index contributed by atoms with van der Waals surface area (Å²) in [6, 6.07) is 11.4. The van der Waals surface area contributed by atoms with Gasteiger partial charge >= 0.3 is 6.36 Å². The summed E-state index contributed by atoms with van der Waals surface area (Å²) in [5.41, 5.74) is 1.25. The first kappa shape index (κ1) is 19.6. The van der Waals surface area contributed by atoms with E-state index in [1.807, 2.05) is 0 Å². The molecule has 0 radical (unpaired) electrons. The van der Waals surface area contributed by atoms with Crippen LogP contribution >= 0.6 is 11.6 Å². The number of anilines is 3. The third-order valence-corrected chi connectivity index (χ3v) is 3.84. The van der Waals surface area contributed by atoms with Crippen molar-refractivity contribution in [3.8, 4) is 22.8 Å². The molecule has 146 valence electrons. The maximum absolute atomic E-state index is 12.5. The molecule has 0 aliphatic rings. The van der Waals surface area contributed by atoms with Gasteiger partial charge in [0, 0.05) is 24.7 Å². The molecule has 0 bridgehead atoms. The summed E-state index contributed by atoms with van der Waals surface area (Å²) in [6.45, 7) is 0. The fourth-order valence-corrected chi connectivity index (χ4v) is 2.59. The molecule has 3 aromatic rings. The van der Waals surface area contributed by atoms with Crippen molar-refractivity contribution >= 4 is 29.1 Å². The molecule has 0 unspecified atom stereocenters. The van der Waals surface area contributed by atoms with Gasteiger partial charge in [-0.05, 0) is 24.3 Å². The first-order chi connectivity index (χ1) is 13.2. The van der Waals surface area contributed by atoms with Crippen molar-refractivity contribution in [3.63, 3.8) is 0 Å². The van der Waals surface area contributed by atoms with E-state index in [0.29, 0.717) is 22.8 Å². The second-order valence-corrected chi connectivity index (χ2v) is 5.98. The van der Waals surface area contributed by atoms with Gasteiger partial charge in [0.1, 0.15) is 17.3 Å². The van der Waals surface area contributed by atoms with Crippen LogP contribution in [-0.4, -0.2) is 28.5 Å². The van der Waals surface area contributed by atoms with Crippen LogP contribution in [0.3, 0.4) is 0 Å². The van der Waals surface area contributed by atoms with Gasteiger partial charge in [0.15, 0.2) is 0 Å². The van der Waals surface area contributed by atoms with E-state index in [9.17, 15) is 18.3 Å². The Bertz CT molecular complexity index is 999. The number of rotatable bonds is 5. The lowest BCUT2D eigenvalue weighted by molar-refractivity contribution is -0.274. The predicted octanol–water partition coefficient (Wildman–Crippen LogP) is 5.19. The van der Waals surface area contributed by atoms with Crippen LogP contribution in [-0.2, 0) is 0 Å². The van der Waals surface area contributed by atoms with E-state index in [1.165, 1.54) is 30.3 Å². The molecular weight excluding hydrogens is 397 g/mol. The molecule has 10 heteroatoms. The fourth-order valence-electron chi connectivity index (χ4n) is 2.37. The Morgan fingerprint density at radius 1 is 1.07 bits per heavy atom. The maximum Gasteiger partial charge on any atom is 0.573 e. The molecule has 28 heavy (non-hydrogen) atoms. The summed E-state index contributed by atoms with van der Waals surface area (Å²) in [7, 11) is 1.61. The van der Waals surface area contributed by atoms with Crippen molar-refractivity contribution in [3.05, 3.63) is 53.6 Å². The van der Waals surface area contributed by atoms with Gasteiger partial charge < -0.3 is 20.5 Å². The van der Waals surface area contributed by atoms with Crippen LogP contribution in [0.4, 0.5) is 30.6 Å². The number of aromatic hydroxyl groups is 1. The van der Waals surface area contributed by atoms with Gasteiger partial charge in [-0.15, -0.1) is 13.2 Å². The number of nitrogens with zero attached hydrogens (tertiary/aromatic N) is 2.